The van der Waals surface area contributed by atoms with Crippen LogP contribution in [0.25, 0.3) is 5.57 Å². The van der Waals surface area contributed by atoms with Gasteiger partial charge in [0, 0.05) is 18.6 Å². The molecule has 9 unspecified atom stereocenters. The van der Waals surface area contributed by atoms with Gasteiger partial charge in [-0.1, -0.05) is 59.8 Å². The standard InChI is InChI=1S/C43H62N2O5S/c1-38(2)30(28-7-9-29(10-8-28)37(47)48)13-16-40(4)33(38)15-17-42(6)34(40)12-11-32-36-31(39(3)19-20-39)14-18-43(36,22-21-41(32,42)5)44-35(46)27-45-23-25-51(49,50)26-24-45/h7-10,13,31-34,36H,11-12,14-27H2,1-6H3,(H,44,46)(H,47,48). The number of carboxylic acid groups (broad SMARTS) is 1. The predicted octanol–water partition coefficient (Wildman–Crippen LogP) is 7.86. The molecule has 0 radical (unpaired) electrons. The predicted molar refractivity (Wildman–Crippen MR) is 202 cm³/mol. The second-order valence-corrected chi connectivity index (χ2v) is 22.4. The van der Waals surface area contributed by atoms with E-state index in [0.717, 1.165) is 31.2 Å². The Bertz CT molecular complexity index is 1730. The maximum absolute atomic E-state index is 13.9. The van der Waals surface area contributed by atoms with Gasteiger partial charge in [-0.25, -0.2) is 13.2 Å². The van der Waals surface area contributed by atoms with Gasteiger partial charge in [-0.3, -0.25) is 9.69 Å². The van der Waals surface area contributed by atoms with Crippen molar-refractivity contribution in [3.8, 4) is 0 Å². The van der Waals surface area contributed by atoms with Crippen LogP contribution in [0.1, 0.15) is 128 Å². The average molecular weight is 719 g/mol. The van der Waals surface area contributed by atoms with E-state index in [2.05, 4.69) is 52.9 Å². The third-order valence-corrected chi connectivity index (χ3v) is 19.2. The van der Waals surface area contributed by atoms with Gasteiger partial charge < -0.3 is 10.4 Å². The zero-order chi connectivity index (χ0) is 36.4. The van der Waals surface area contributed by atoms with Crippen molar-refractivity contribution in [1.29, 1.82) is 0 Å². The van der Waals surface area contributed by atoms with Crippen molar-refractivity contribution in [3.63, 3.8) is 0 Å². The van der Waals surface area contributed by atoms with Gasteiger partial charge in [0.2, 0.25) is 5.91 Å². The first kappa shape index (κ1) is 35.8. The van der Waals surface area contributed by atoms with E-state index >= 15 is 0 Å². The van der Waals surface area contributed by atoms with E-state index in [4.69, 9.17) is 0 Å². The first-order valence-corrected chi connectivity index (χ1v) is 22.0. The molecule has 6 aliphatic carbocycles. The van der Waals surface area contributed by atoms with Gasteiger partial charge in [0.05, 0.1) is 23.6 Å². The minimum atomic E-state index is -2.98. The van der Waals surface area contributed by atoms with E-state index in [9.17, 15) is 23.1 Å². The van der Waals surface area contributed by atoms with Crippen LogP contribution in [0.3, 0.4) is 0 Å². The Hall–Kier alpha value is -2.19. The summed E-state index contributed by atoms with van der Waals surface area (Å²) < 4.78 is 24.1. The molecule has 1 saturated heterocycles. The lowest BCUT2D eigenvalue weighted by Crippen LogP contribution is -2.68. The fraction of sp³-hybridized carbons (Fsp3) is 0.767. The number of hydrogen-bond acceptors (Lipinski definition) is 5. The summed E-state index contributed by atoms with van der Waals surface area (Å²) in [5.74, 6) is 2.46. The lowest BCUT2D eigenvalue weighted by atomic mass is 9.32. The average Bonchev–Trinajstić information content (AvgIpc) is 3.69. The van der Waals surface area contributed by atoms with Crippen LogP contribution in [0, 0.1) is 56.7 Å². The Morgan fingerprint density at radius 2 is 1.49 bits per heavy atom. The highest BCUT2D eigenvalue weighted by molar-refractivity contribution is 7.91. The number of rotatable bonds is 6. The Morgan fingerprint density at radius 1 is 0.804 bits per heavy atom. The molecule has 2 N–H and O–H groups in total. The molecular formula is C43H62N2O5S. The van der Waals surface area contributed by atoms with Crippen LogP contribution in [0.4, 0.5) is 0 Å². The number of sulfone groups is 1. The molecule has 280 valence electrons. The van der Waals surface area contributed by atoms with Crippen molar-refractivity contribution in [3.05, 3.63) is 41.5 Å². The van der Waals surface area contributed by atoms with Gasteiger partial charge in [0.25, 0.3) is 0 Å². The molecular weight excluding hydrogens is 657 g/mol. The summed E-state index contributed by atoms with van der Waals surface area (Å²) in [6.07, 6.45) is 15.7. The Kier molecular flexibility index (Phi) is 8.19. The van der Waals surface area contributed by atoms with Crippen molar-refractivity contribution in [1.82, 2.24) is 10.2 Å². The van der Waals surface area contributed by atoms with Crippen molar-refractivity contribution < 1.29 is 23.1 Å². The number of carbonyl (C=O) groups is 2. The fourth-order valence-corrected chi connectivity index (χ4v) is 15.8. The summed E-state index contributed by atoms with van der Waals surface area (Å²) in [5, 5.41) is 13.2. The molecule has 0 aromatic heterocycles. The minimum Gasteiger partial charge on any atom is -0.478 e. The number of nitrogens with zero attached hydrogens (tertiary/aromatic N) is 1. The van der Waals surface area contributed by atoms with Gasteiger partial charge in [-0.15, -0.1) is 0 Å². The smallest absolute Gasteiger partial charge is 0.335 e. The van der Waals surface area contributed by atoms with E-state index < -0.39 is 15.8 Å². The number of hydrogen-bond donors (Lipinski definition) is 2. The van der Waals surface area contributed by atoms with Crippen LogP contribution in [0.15, 0.2) is 30.3 Å². The van der Waals surface area contributed by atoms with Crippen LogP contribution in [-0.2, 0) is 14.6 Å². The van der Waals surface area contributed by atoms with E-state index in [-0.39, 0.29) is 44.6 Å². The van der Waals surface area contributed by atoms with Crippen LogP contribution in [-0.4, -0.2) is 67.0 Å². The first-order valence-electron chi connectivity index (χ1n) is 20.2. The zero-order valence-electron chi connectivity index (χ0n) is 32.0. The SMILES string of the molecule is CC1(C2CCC3(NC(=O)CN4CCS(=O)(=O)CC4)CCC4(C)C(CCC5C6(C)CC=C(c7ccc(C(=O)O)cc7)C(C)(C)C6CCC54C)C23)CC1. The molecule has 7 aliphatic rings. The molecule has 7 nitrogen and oxygen atoms in total. The monoisotopic (exact) mass is 718 g/mol. The molecule has 8 heteroatoms. The topological polar surface area (TPSA) is 104 Å². The molecule has 5 saturated carbocycles. The number of amides is 1. The number of aromatic carboxylic acids is 1. The third kappa shape index (κ3) is 5.36. The fourth-order valence-electron chi connectivity index (χ4n) is 14.5. The van der Waals surface area contributed by atoms with Crippen LogP contribution in [0.5, 0.6) is 0 Å². The van der Waals surface area contributed by atoms with E-state index in [0.29, 0.717) is 60.2 Å². The Labute approximate surface area is 306 Å². The second-order valence-electron chi connectivity index (χ2n) is 20.1. The van der Waals surface area contributed by atoms with Gasteiger partial charge in [-0.2, -0.15) is 0 Å². The largest absolute Gasteiger partial charge is 0.478 e. The van der Waals surface area contributed by atoms with Crippen molar-refractivity contribution >= 4 is 27.3 Å². The molecule has 1 aliphatic heterocycles. The summed E-state index contributed by atoms with van der Waals surface area (Å²) in [6.45, 7) is 16.6. The highest BCUT2D eigenvalue weighted by Gasteiger charge is 2.72. The highest BCUT2D eigenvalue weighted by atomic mass is 32.2. The van der Waals surface area contributed by atoms with Crippen molar-refractivity contribution in [2.75, 3.05) is 31.1 Å². The molecule has 1 amide bonds. The van der Waals surface area contributed by atoms with Crippen molar-refractivity contribution in [2.24, 2.45) is 56.7 Å². The number of fused-ring (bicyclic) bond motifs is 7. The lowest BCUT2D eigenvalue weighted by Gasteiger charge is -2.72. The first-order chi connectivity index (χ1) is 23.9. The van der Waals surface area contributed by atoms with Crippen LogP contribution < -0.4 is 5.32 Å². The normalized spacial score (nSPS) is 43.4. The van der Waals surface area contributed by atoms with Crippen LogP contribution in [0.2, 0.25) is 0 Å². The summed E-state index contributed by atoms with van der Waals surface area (Å²) in [6, 6.07) is 7.54. The molecule has 0 bridgehead atoms. The lowest BCUT2D eigenvalue weighted by molar-refractivity contribution is -0.222. The molecule has 6 fully saturated rings. The minimum absolute atomic E-state index is 0.0154. The third-order valence-electron chi connectivity index (χ3n) is 17.6. The molecule has 8 rings (SSSR count). The number of benzene rings is 1. The zero-order valence-corrected chi connectivity index (χ0v) is 32.8. The number of allylic oxidation sites excluding steroid dienone is 2. The molecule has 51 heavy (non-hydrogen) atoms. The molecule has 1 heterocycles. The molecule has 1 aromatic rings. The summed E-state index contributed by atoms with van der Waals surface area (Å²) in [7, 11) is -2.98. The van der Waals surface area contributed by atoms with E-state index in [1.807, 2.05) is 17.0 Å². The quantitative estimate of drug-likeness (QED) is 0.311. The summed E-state index contributed by atoms with van der Waals surface area (Å²) >= 11 is 0. The molecule has 9 atom stereocenters. The maximum Gasteiger partial charge on any atom is 0.335 e. The van der Waals surface area contributed by atoms with Gasteiger partial charge in [0.1, 0.15) is 0 Å². The number of nitrogens with one attached hydrogen (secondary N) is 1. The van der Waals surface area contributed by atoms with E-state index in [1.54, 1.807) is 12.1 Å². The van der Waals surface area contributed by atoms with Gasteiger partial charge in [-0.05, 0) is 151 Å². The highest BCUT2D eigenvalue weighted by Crippen LogP contribution is 2.78. The second kappa shape index (κ2) is 11.7. The van der Waals surface area contributed by atoms with E-state index in [1.165, 1.54) is 50.5 Å². The number of carboxylic acids is 1. The van der Waals surface area contributed by atoms with Gasteiger partial charge >= 0.3 is 5.97 Å². The molecule has 1 aromatic carbocycles. The summed E-state index contributed by atoms with van der Waals surface area (Å²) in [4.78, 5) is 27.5. The van der Waals surface area contributed by atoms with Crippen LogP contribution >= 0.6 is 0 Å². The number of carbonyl (C=O) groups excluding carboxylic acids is 1. The summed E-state index contributed by atoms with van der Waals surface area (Å²) in [5.41, 5.74) is 3.73. The Morgan fingerprint density at radius 3 is 2.14 bits per heavy atom. The molecule has 0 spiro atoms. The Balaban J connectivity index is 1.08. The van der Waals surface area contributed by atoms with Gasteiger partial charge in [0.15, 0.2) is 9.84 Å². The maximum atomic E-state index is 13.9. The van der Waals surface area contributed by atoms with Crippen molar-refractivity contribution in [2.45, 2.75) is 118 Å².